The zero-order chi connectivity index (χ0) is 21.1. The lowest BCUT2D eigenvalue weighted by atomic mass is 9.94. The predicted octanol–water partition coefficient (Wildman–Crippen LogP) is 3.17. The second-order valence-corrected chi connectivity index (χ2v) is 7.97. The summed E-state index contributed by atoms with van der Waals surface area (Å²) in [5.41, 5.74) is 2.86. The van der Waals surface area contributed by atoms with Crippen molar-refractivity contribution in [2.24, 2.45) is 5.92 Å². The number of H-pyrrole nitrogens is 1. The fraction of sp³-hybridized carbons (Fsp3) is 0.304. The molecule has 2 heterocycles. The molecule has 6 nitrogen and oxygen atoms in total. The van der Waals surface area contributed by atoms with E-state index >= 15 is 0 Å². The number of hydrogen-bond acceptors (Lipinski definition) is 4. The van der Waals surface area contributed by atoms with Crippen LogP contribution in [0.5, 0.6) is 0 Å². The maximum absolute atomic E-state index is 13.2. The molecular formula is C23H24ClN3O3. The van der Waals surface area contributed by atoms with E-state index in [0.717, 1.165) is 34.9 Å². The van der Waals surface area contributed by atoms with Crippen molar-refractivity contribution in [2.75, 3.05) is 31.1 Å². The van der Waals surface area contributed by atoms with Gasteiger partial charge in [-0.3, -0.25) is 9.59 Å². The van der Waals surface area contributed by atoms with Crippen LogP contribution in [0.2, 0.25) is 5.02 Å². The first-order valence-electron chi connectivity index (χ1n) is 10.1. The third-order valence-electron chi connectivity index (χ3n) is 5.53. The van der Waals surface area contributed by atoms with Gasteiger partial charge in [-0.2, -0.15) is 0 Å². The number of fused-ring (bicyclic) bond motifs is 1. The van der Waals surface area contributed by atoms with E-state index in [1.807, 2.05) is 47.4 Å². The minimum atomic E-state index is -0.233. The first-order valence-corrected chi connectivity index (χ1v) is 10.5. The van der Waals surface area contributed by atoms with E-state index in [1.54, 1.807) is 6.07 Å². The van der Waals surface area contributed by atoms with Crippen LogP contribution in [0.4, 0.5) is 5.69 Å². The van der Waals surface area contributed by atoms with Crippen LogP contribution in [-0.2, 0) is 4.79 Å². The van der Waals surface area contributed by atoms with E-state index in [2.05, 4.69) is 10.3 Å². The van der Waals surface area contributed by atoms with Crippen LogP contribution in [0.15, 0.2) is 53.3 Å². The van der Waals surface area contributed by atoms with E-state index in [1.165, 1.54) is 0 Å². The molecule has 1 amide bonds. The summed E-state index contributed by atoms with van der Waals surface area (Å²) in [6.45, 7) is 1.29. The number of carbonyl (C=O) groups is 1. The van der Waals surface area contributed by atoms with Crippen molar-refractivity contribution in [3.63, 3.8) is 0 Å². The number of rotatable bonds is 5. The van der Waals surface area contributed by atoms with Crippen LogP contribution in [-0.4, -0.2) is 42.2 Å². The fourth-order valence-corrected chi connectivity index (χ4v) is 4.34. The topological polar surface area (TPSA) is 85.4 Å². The van der Waals surface area contributed by atoms with Gasteiger partial charge in [-0.15, -0.1) is 0 Å². The van der Waals surface area contributed by atoms with Gasteiger partial charge in [-0.1, -0.05) is 41.9 Å². The molecule has 3 aromatic rings. The van der Waals surface area contributed by atoms with Gasteiger partial charge in [0.25, 0.3) is 5.56 Å². The van der Waals surface area contributed by atoms with E-state index in [4.69, 9.17) is 16.7 Å². The van der Waals surface area contributed by atoms with E-state index in [9.17, 15) is 9.59 Å². The standard InChI is InChI=1S/C23H24ClN3O3/c24-17-8-9-19-18(13-17)20(15-5-2-1-3-6-15)21(23(30)26-19)27-11-4-7-16(14-27)22(29)25-10-12-28/h1-3,5-6,8-9,13,16,28H,4,7,10-12,14H2,(H,25,29)(H,26,30)/t16-/m0/s1. The zero-order valence-corrected chi connectivity index (χ0v) is 17.3. The van der Waals surface area contributed by atoms with E-state index in [0.29, 0.717) is 23.8 Å². The van der Waals surface area contributed by atoms with Crippen LogP contribution < -0.4 is 15.8 Å². The maximum Gasteiger partial charge on any atom is 0.272 e. The highest BCUT2D eigenvalue weighted by atomic mass is 35.5. The number of pyridine rings is 1. The molecule has 2 aromatic carbocycles. The van der Waals surface area contributed by atoms with Gasteiger partial charge in [0.05, 0.1) is 12.5 Å². The van der Waals surface area contributed by atoms with Crippen molar-refractivity contribution in [3.05, 3.63) is 63.9 Å². The Balaban J connectivity index is 1.83. The van der Waals surface area contributed by atoms with Crippen molar-refractivity contribution in [1.29, 1.82) is 0 Å². The fourth-order valence-electron chi connectivity index (χ4n) is 4.17. The van der Waals surface area contributed by atoms with Crippen molar-refractivity contribution in [3.8, 4) is 11.1 Å². The summed E-state index contributed by atoms with van der Waals surface area (Å²) in [5.74, 6) is -0.321. The summed E-state index contributed by atoms with van der Waals surface area (Å²) < 4.78 is 0. The molecule has 0 bridgehead atoms. The lowest BCUT2D eigenvalue weighted by molar-refractivity contribution is -0.125. The maximum atomic E-state index is 13.2. The van der Waals surface area contributed by atoms with Gasteiger partial charge in [0.2, 0.25) is 5.91 Å². The Bertz CT molecular complexity index is 1110. The number of aliphatic hydroxyl groups excluding tert-OH is 1. The first kappa shape index (κ1) is 20.4. The number of aromatic nitrogens is 1. The first-order chi connectivity index (χ1) is 14.6. The zero-order valence-electron chi connectivity index (χ0n) is 16.5. The molecule has 1 fully saturated rings. The van der Waals surface area contributed by atoms with Gasteiger partial charge in [0.15, 0.2) is 0 Å². The second kappa shape index (κ2) is 8.90. The van der Waals surface area contributed by atoms with Gasteiger partial charge in [0.1, 0.15) is 5.69 Å². The highest BCUT2D eigenvalue weighted by molar-refractivity contribution is 6.31. The molecule has 0 radical (unpaired) electrons. The third kappa shape index (κ3) is 4.06. The molecule has 30 heavy (non-hydrogen) atoms. The summed E-state index contributed by atoms with van der Waals surface area (Å²) >= 11 is 6.29. The lowest BCUT2D eigenvalue weighted by Gasteiger charge is -2.34. The molecule has 1 aliphatic rings. The molecule has 156 valence electrons. The molecule has 1 atom stereocenters. The van der Waals surface area contributed by atoms with Crippen LogP contribution >= 0.6 is 11.6 Å². The number of nitrogens with zero attached hydrogens (tertiary/aromatic N) is 1. The molecule has 4 rings (SSSR count). The number of hydrogen-bond donors (Lipinski definition) is 3. The Morgan fingerprint density at radius 1 is 1.23 bits per heavy atom. The third-order valence-corrected chi connectivity index (χ3v) is 5.77. The predicted molar refractivity (Wildman–Crippen MR) is 120 cm³/mol. The lowest BCUT2D eigenvalue weighted by Crippen LogP contribution is -2.45. The van der Waals surface area contributed by atoms with Crippen LogP contribution in [0.25, 0.3) is 22.0 Å². The molecule has 0 unspecified atom stereocenters. The number of amides is 1. The SMILES string of the molecule is O=C(NCCO)[C@H]1CCCN(c2c(-c3ccccc3)c3cc(Cl)ccc3[nH]c2=O)C1. The Hall–Kier alpha value is -2.83. The Morgan fingerprint density at radius 2 is 2.03 bits per heavy atom. The Kier molecular flexibility index (Phi) is 6.06. The van der Waals surface area contributed by atoms with E-state index in [-0.39, 0.29) is 30.5 Å². The highest BCUT2D eigenvalue weighted by Crippen LogP contribution is 2.37. The number of piperidine rings is 1. The van der Waals surface area contributed by atoms with Crippen molar-refractivity contribution < 1.29 is 9.90 Å². The van der Waals surface area contributed by atoms with Gasteiger partial charge in [-0.25, -0.2) is 0 Å². The quantitative estimate of drug-likeness (QED) is 0.586. The highest BCUT2D eigenvalue weighted by Gasteiger charge is 2.29. The van der Waals surface area contributed by atoms with Gasteiger partial charge < -0.3 is 20.3 Å². The summed E-state index contributed by atoms with van der Waals surface area (Å²) in [6.07, 6.45) is 1.56. The molecule has 1 aliphatic heterocycles. The van der Waals surface area contributed by atoms with Crippen LogP contribution in [0.1, 0.15) is 12.8 Å². The molecule has 0 saturated carbocycles. The summed E-state index contributed by atoms with van der Waals surface area (Å²) in [7, 11) is 0. The number of aromatic amines is 1. The van der Waals surface area contributed by atoms with Gasteiger partial charge in [0, 0.05) is 41.1 Å². The summed E-state index contributed by atoms with van der Waals surface area (Å²) in [6, 6.07) is 15.2. The normalized spacial score (nSPS) is 16.6. The molecule has 1 saturated heterocycles. The number of anilines is 1. The van der Waals surface area contributed by atoms with Crippen LogP contribution in [0, 0.1) is 5.92 Å². The minimum absolute atomic E-state index is 0.0877. The van der Waals surface area contributed by atoms with Crippen LogP contribution in [0.3, 0.4) is 0 Å². The monoisotopic (exact) mass is 425 g/mol. The molecule has 7 heteroatoms. The number of aliphatic hydroxyl groups is 1. The van der Waals surface area contributed by atoms with Gasteiger partial charge in [-0.05, 0) is 36.6 Å². The van der Waals surface area contributed by atoms with E-state index < -0.39 is 0 Å². The molecule has 1 aromatic heterocycles. The average molecular weight is 426 g/mol. The minimum Gasteiger partial charge on any atom is -0.395 e. The van der Waals surface area contributed by atoms with Crippen molar-refractivity contribution in [1.82, 2.24) is 10.3 Å². The van der Waals surface area contributed by atoms with Crippen molar-refractivity contribution >= 4 is 34.1 Å². The summed E-state index contributed by atoms with van der Waals surface area (Å²) in [5, 5.41) is 13.2. The smallest absolute Gasteiger partial charge is 0.272 e. The molecule has 3 N–H and O–H groups in total. The summed E-state index contributed by atoms with van der Waals surface area (Å²) in [4.78, 5) is 30.7. The Labute approximate surface area is 179 Å². The molecular weight excluding hydrogens is 402 g/mol. The number of benzene rings is 2. The largest absolute Gasteiger partial charge is 0.395 e. The number of carbonyl (C=O) groups excluding carboxylic acids is 1. The Morgan fingerprint density at radius 3 is 2.80 bits per heavy atom. The number of halogens is 1. The molecule has 0 aliphatic carbocycles. The van der Waals surface area contributed by atoms with Crippen molar-refractivity contribution in [2.45, 2.75) is 12.8 Å². The number of nitrogens with one attached hydrogen (secondary N) is 2. The average Bonchev–Trinajstić information content (AvgIpc) is 2.77. The molecule has 0 spiro atoms. The van der Waals surface area contributed by atoms with Gasteiger partial charge >= 0.3 is 0 Å². The second-order valence-electron chi connectivity index (χ2n) is 7.53.